The zero-order valence-electron chi connectivity index (χ0n) is 22.2. The summed E-state index contributed by atoms with van der Waals surface area (Å²) in [7, 11) is 0. The molecule has 0 aromatic carbocycles. The van der Waals surface area contributed by atoms with Gasteiger partial charge in [0.25, 0.3) is 0 Å². The molecule has 1 rings (SSSR count). The van der Waals surface area contributed by atoms with Crippen LogP contribution in [0.2, 0.25) is 0 Å². The van der Waals surface area contributed by atoms with Gasteiger partial charge in [-0.05, 0) is 69.2 Å². The molecule has 5 nitrogen and oxygen atoms in total. The van der Waals surface area contributed by atoms with Gasteiger partial charge >= 0.3 is 0 Å². The molecule has 180 valence electrons. The fourth-order valence-electron chi connectivity index (χ4n) is 4.43. The second-order valence-electron chi connectivity index (χ2n) is 10.6. The lowest BCUT2D eigenvalue weighted by Crippen LogP contribution is -2.47. The van der Waals surface area contributed by atoms with Crippen LogP contribution in [0.5, 0.6) is 0 Å². The first-order valence-corrected chi connectivity index (χ1v) is 12.7. The summed E-state index contributed by atoms with van der Waals surface area (Å²) in [5, 5.41) is 0. The molecule has 1 aliphatic heterocycles. The Bertz CT molecular complexity index is 322. The van der Waals surface area contributed by atoms with Crippen LogP contribution in [0.25, 0.3) is 0 Å². The van der Waals surface area contributed by atoms with E-state index in [-0.39, 0.29) is 0 Å². The summed E-state index contributed by atoms with van der Waals surface area (Å²) < 4.78 is 0. The van der Waals surface area contributed by atoms with Crippen LogP contribution in [0.3, 0.4) is 0 Å². The van der Waals surface area contributed by atoms with Crippen molar-refractivity contribution in [3.8, 4) is 0 Å². The maximum Gasteiger partial charge on any atom is 0.0113 e. The van der Waals surface area contributed by atoms with Gasteiger partial charge in [-0.2, -0.15) is 0 Å². The van der Waals surface area contributed by atoms with Crippen LogP contribution < -0.4 is 0 Å². The van der Waals surface area contributed by atoms with E-state index in [0.29, 0.717) is 30.2 Å². The summed E-state index contributed by atoms with van der Waals surface area (Å²) in [6, 6.07) is 3.00. The Balaban J connectivity index is 3.02. The van der Waals surface area contributed by atoms with Crippen LogP contribution in [0.4, 0.5) is 0 Å². The molecule has 0 amide bonds. The minimum atomic E-state index is 0.600. The third-order valence-electron chi connectivity index (χ3n) is 7.02. The average Bonchev–Trinajstić information content (AvgIpc) is 2.64. The van der Waals surface area contributed by atoms with E-state index in [4.69, 9.17) is 0 Å². The molecule has 0 atom stereocenters. The van der Waals surface area contributed by atoms with E-state index >= 15 is 0 Å². The predicted octanol–water partition coefficient (Wildman–Crippen LogP) is 3.55. The predicted molar refractivity (Wildman–Crippen MR) is 134 cm³/mol. The molecule has 0 unspecified atom stereocenters. The zero-order chi connectivity index (χ0) is 22.8. The molecular formula is C25H55N5. The van der Waals surface area contributed by atoms with Crippen molar-refractivity contribution in [2.45, 2.75) is 99.4 Å². The standard InChI is InChI=1S/C25H55N5/c1-21(2)26-11-13-27(22(3)4)15-17-29(24(7)8)19-20-30(25(9)10)18-16-28(14-12-26)23(5)6/h21-25H,11-20H2,1-10H3. The highest BCUT2D eigenvalue weighted by atomic mass is 15.3. The molecule has 1 fully saturated rings. The summed E-state index contributed by atoms with van der Waals surface area (Å²) in [6.45, 7) is 35.2. The maximum atomic E-state index is 2.69. The van der Waals surface area contributed by atoms with Gasteiger partial charge in [-0.15, -0.1) is 0 Å². The summed E-state index contributed by atoms with van der Waals surface area (Å²) in [5.74, 6) is 0. The van der Waals surface area contributed by atoms with E-state index in [9.17, 15) is 0 Å². The number of hydrogen-bond acceptors (Lipinski definition) is 5. The maximum absolute atomic E-state index is 2.69. The van der Waals surface area contributed by atoms with Gasteiger partial charge in [0, 0.05) is 95.7 Å². The Morgan fingerprint density at radius 1 is 0.267 bits per heavy atom. The van der Waals surface area contributed by atoms with Crippen LogP contribution >= 0.6 is 0 Å². The minimum absolute atomic E-state index is 0.600. The third kappa shape index (κ3) is 9.95. The molecule has 30 heavy (non-hydrogen) atoms. The van der Waals surface area contributed by atoms with Crippen LogP contribution in [0, 0.1) is 0 Å². The van der Waals surface area contributed by atoms with Crippen molar-refractivity contribution in [3.63, 3.8) is 0 Å². The number of nitrogens with zero attached hydrogens (tertiary/aromatic N) is 5. The number of rotatable bonds is 5. The Morgan fingerprint density at radius 3 is 0.433 bits per heavy atom. The van der Waals surface area contributed by atoms with Gasteiger partial charge in [0.1, 0.15) is 0 Å². The van der Waals surface area contributed by atoms with E-state index in [2.05, 4.69) is 93.7 Å². The first-order chi connectivity index (χ1) is 14.0. The Morgan fingerprint density at radius 2 is 0.367 bits per heavy atom. The molecule has 5 heteroatoms. The van der Waals surface area contributed by atoms with Crippen LogP contribution in [0.15, 0.2) is 0 Å². The highest BCUT2D eigenvalue weighted by molar-refractivity contribution is 4.77. The van der Waals surface area contributed by atoms with E-state index in [0.717, 1.165) is 0 Å². The van der Waals surface area contributed by atoms with E-state index < -0.39 is 0 Å². The summed E-state index contributed by atoms with van der Waals surface area (Å²) >= 11 is 0. The van der Waals surface area contributed by atoms with Crippen molar-refractivity contribution in [1.82, 2.24) is 24.5 Å². The van der Waals surface area contributed by atoms with Crippen molar-refractivity contribution in [2.24, 2.45) is 0 Å². The lowest BCUT2D eigenvalue weighted by atomic mass is 10.2. The monoisotopic (exact) mass is 425 g/mol. The SMILES string of the molecule is CC(C)N1CCN(C(C)C)CCN(C(C)C)CCN(C(C)C)CCN(C(C)C)CC1. The van der Waals surface area contributed by atoms with Crippen LogP contribution in [-0.2, 0) is 0 Å². The molecule has 0 aromatic rings. The zero-order valence-corrected chi connectivity index (χ0v) is 22.2. The van der Waals surface area contributed by atoms with Gasteiger partial charge in [-0.3, -0.25) is 24.5 Å². The molecule has 0 aromatic heterocycles. The van der Waals surface area contributed by atoms with Crippen molar-refractivity contribution in [2.75, 3.05) is 65.4 Å². The van der Waals surface area contributed by atoms with Gasteiger partial charge in [-0.1, -0.05) is 0 Å². The molecule has 1 saturated heterocycles. The topological polar surface area (TPSA) is 16.2 Å². The smallest absolute Gasteiger partial charge is 0.0113 e. The normalized spacial score (nSPS) is 22.5. The molecule has 0 saturated carbocycles. The summed E-state index contributed by atoms with van der Waals surface area (Å²) in [6.07, 6.45) is 0. The van der Waals surface area contributed by atoms with Gasteiger partial charge in [0.2, 0.25) is 0 Å². The Kier molecular flexibility index (Phi) is 13.0. The minimum Gasteiger partial charge on any atom is -0.298 e. The quantitative estimate of drug-likeness (QED) is 0.667. The second kappa shape index (κ2) is 14.1. The second-order valence-corrected chi connectivity index (χ2v) is 10.6. The number of hydrogen-bond donors (Lipinski definition) is 0. The van der Waals surface area contributed by atoms with E-state index in [1.807, 2.05) is 0 Å². The lowest BCUT2D eigenvalue weighted by Gasteiger charge is -2.35. The molecule has 1 heterocycles. The van der Waals surface area contributed by atoms with E-state index in [1.165, 1.54) is 65.4 Å². The Labute approximate surface area is 189 Å². The fraction of sp³-hybridized carbons (Fsp3) is 1.00. The van der Waals surface area contributed by atoms with Gasteiger partial charge in [-0.25, -0.2) is 0 Å². The van der Waals surface area contributed by atoms with Crippen molar-refractivity contribution in [1.29, 1.82) is 0 Å². The fourth-order valence-corrected chi connectivity index (χ4v) is 4.43. The van der Waals surface area contributed by atoms with Crippen molar-refractivity contribution < 1.29 is 0 Å². The molecule has 0 bridgehead atoms. The molecule has 1 aliphatic rings. The highest BCUT2D eigenvalue weighted by Gasteiger charge is 2.21. The average molecular weight is 426 g/mol. The first-order valence-electron chi connectivity index (χ1n) is 12.7. The summed E-state index contributed by atoms with van der Waals surface area (Å²) in [5.41, 5.74) is 0. The lowest BCUT2D eigenvalue weighted by molar-refractivity contribution is 0.118. The van der Waals surface area contributed by atoms with Crippen molar-refractivity contribution in [3.05, 3.63) is 0 Å². The van der Waals surface area contributed by atoms with E-state index in [1.54, 1.807) is 0 Å². The van der Waals surface area contributed by atoms with Crippen LogP contribution in [-0.4, -0.2) is 120 Å². The molecule has 0 spiro atoms. The van der Waals surface area contributed by atoms with Crippen molar-refractivity contribution >= 4 is 0 Å². The molecular weight excluding hydrogens is 370 g/mol. The van der Waals surface area contributed by atoms with Gasteiger partial charge < -0.3 is 0 Å². The third-order valence-corrected chi connectivity index (χ3v) is 7.02. The summed E-state index contributed by atoms with van der Waals surface area (Å²) in [4.78, 5) is 13.4. The molecule has 0 aliphatic carbocycles. The highest BCUT2D eigenvalue weighted by Crippen LogP contribution is 2.09. The largest absolute Gasteiger partial charge is 0.298 e. The van der Waals surface area contributed by atoms with Crippen LogP contribution in [0.1, 0.15) is 69.2 Å². The first kappa shape index (κ1) is 27.8. The Hall–Kier alpha value is -0.200. The molecule has 0 N–H and O–H groups in total. The van der Waals surface area contributed by atoms with Gasteiger partial charge in [0.15, 0.2) is 0 Å². The molecule has 0 radical (unpaired) electrons. The van der Waals surface area contributed by atoms with Gasteiger partial charge in [0.05, 0.1) is 0 Å².